The van der Waals surface area contributed by atoms with Gasteiger partial charge in [0.1, 0.15) is 5.82 Å². The van der Waals surface area contributed by atoms with Gasteiger partial charge >= 0.3 is 12.0 Å². The van der Waals surface area contributed by atoms with Gasteiger partial charge < -0.3 is 20.8 Å². The Hall–Kier alpha value is -2.15. The normalized spacial score (nSPS) is 13.3. The standard InChI is InChI=1S/C14H19FN2O4/c1-9(8-10-2-4-11(15)5-3-10)17-14(21)16-7-6-12(18)13(19)20/h2-5,9,12,18H,6-8H2,1H3,(H,19,20)(H2,16,17,21)/t9?,12-/m0/s1. The molecule has 0 radical (unpaired) electrons. The predicted molar refractivity (Wildman–Crippen MR) is 74.4 cm³/mol. The highest BCUT2D eigenvalue weighted by Gasteiger charge is 2.13. The van der Waals surface area contributed by atoms with Crippen LogP contribution < -0.4 is 10.6 Å². The first kappa shape index (κ1) is 16.9. The van der Waals surface area contributed by atoms with Crippen molar-refractivity contribution in [3.8, 4) is 0 Å². The third kappa shape index (κ3) is 6.71. The van der Waals surface area contributed by atoms with Gasteiger partial charge in [0.05, 0.1) is 0 Å². The molecule has 0 aliphatic carbocycles. The Morgan fingerprint density at radius 2 is 1.90 bits per heavy atom. The van der Waals surface area contributed by atoms with Crippen molar-refractivity contribution in [1.29, 1.82) is 0 Å². The first-order valence-electron chi connectivity index (χ1n) is 6.58. The predicted octanol–water partition coefficient (Wildman–Crippen LogP) is 0.892. The van der Waals surface area contributed by atoms with Crippen LogP contribution in [0.5, 0.6) is 0 Å². The third-order valence-corrected chi connectivity index (χ3v) is 2.82. The Morgan fingerprint density at radius 1 is 1.29 bits per heavy atom. The lowest BCUT2D eigenvalue weighted by molar-refractivity contribution is -0.146. The highest BCUT2D eigenvalue weighted by Crippen LogP contribution is 2.05. The number of nitrogens with one attached hydrogen (secondary N) is 2. The van der Waals surface area contributed by atoms with Gasteiger partial charge in [0.25, 0.3) is 0 Å². The SMILES string of the molecule is CC(Cc1ccc(F)cc1)NC(=O)NCC[C@H](O)C(=O)O. The molecule has 0 bridgehead atoms. The Bertz CT molecular complexity index is 478. The second kappa shape index (κ2) is 8.21. The lowest BCUT2D eigenvalue weighted by atomic mass is 10.1. The van der Waals surface area contributed by atoms with Crippen molar-refractivity contribution in [1.82, 2.24) is 10.6 Å². The van der Waals surface area contributed by atoms with Crippen LogP contribution in [0.25, 0.3) is 0 Å². The van der Waals surface area contributed by atoms with Crippen LogP contribution in [0.4, 0.5) is 9.18 Å². The molecule has 0 aliphatic heterocycles. The van der Waals surface area contributed by atoms with Crippen molar-refractivity contribution in [3.05, 3.63) is 35.6 Å². The summed E-state index contributed by atoms with van der Waals surface area (Å²) in [6.45, 7) is 1.86. The molecule has 1 aromatic carbocycles. The highest BCUT2D eigenvalue weighted by atomic mass is 19.1. The van der Waals surface area contributed by atoms with Crippen molar-refractivity contribution < 1.29 is 24.2 Å². The Morgan fingerprint density at radius 3 is 2.48 bits per heavy atom. The molecule has 0 heterocycles. The highest BCUT2D eigenvalue weighted by molar-refractivity contribution is 5.74. The summed E-state index contributed by atoms with van der Waals surface area (Å²) in [4.78, 5) is 21.9. The maximum absolute atomic E-state index is 12.8. The number of urea groups is 1. The van der Waals surface area contributed by atoms with Gasteiger partial charge in [0, 0.05) is 19.0 Å². The van der Waals surface area contributed by atoms with Crippen molar-refractivity contribution in [2.24, 2.45) is 0 Å². The van der Waals surface area contributed by atoms with Gasteiger partial charge in [-0.1, -0.05) is 12.1 Å². The average molecular weight is 298 g/mol. The number of benzene rings is 1. The van der Waals surface area contributed by atoms with Crippen LogP contribution in [0, 0.1) is 5.82 Å². The molecule has 0 saturated heterocycles. The fraction of sp³-hybridized carbons (Fsp3) is 0.429. The van der Waals surface area contributed by atoms with Crippen LogP contribution in [0.2, 0.25) is 0 Å². The molecule has 0 spiro atoms. The summed E-state index contributed by atoms with van der Waals surface area (Å²) < 4.78 is 12.8. The van der Waals surface area contributed by atoms with E-state index in [2.05, 4.69) is 10.6 Å². The van der Waals surface area contributed by atoms with Crippen LogP contribution in [-0.2, 0) is 11.2 Å². The van der Waals surface area contributed by atoms with E-state index in [-0.39, 0.29) is 24.8 Å². The van der Waals surface area contributed by atoms with Gasteiger partial charge in [0.15, 0.2) is 6.10 Å². The van der Waals surface area contributed by atoms with Crippen LogP contribution >= 0.6 is 0 Å². The van der Waals surface area contributed by atoms with Gasteiger partial charge in [-0.3, -0.25) is 0 Å². The molecule has 0 fully saturated rings. The summed E-state index contributed by atoms with van der Waals surface area (Å²) in [5.74, 6) is -1.63. The molecule has 116 valence electrons. The quantitative estimate of drug-likeness (QED) is 0.601. The van der Waals surface area contributed by atoms with Crippen molar-refractivity contribution in [3.63, 3.8) is 0 Å². The number of carboxylic acids is 1. The Balaban J connectivity index is 2.27. The number of carbonyl (C=O) groups excluding carboxylic acids is 1. The van der Waals surface area contributed by atoms with Crippen molar-refractivity contribution >= 4 is 12.0 Å². The second-order valence-corrected chi connectivity index (χ2v) is 4.77. The number of carboxylic acid groups (broad SMARTS) is 1. The summed E-state index contributed by atoms with van der Waals surface area (Å²) in [6, 6.07) is 5.40. The fourth-order valence-electron chi connectivity index (χ4n) is 1.75. The van der Waals surface area contributed by atoms with Gasteiger partial charge in [0.2, 0.25) is 0 Å². The van der Waals surface area contributed by atoms with Crippen LogP contribution in [-0.4, -0.2) is 40.9 Å². The van der Waals surface area contributed by atoms with E-state index in [4.69, 9.17) is 10.2 Å². The van der Waals surface area contributed by atoms with Crippen molar-refractivity contribution in [2.75, 3.05) is 6.54 Å². The number of amides is 2. The third-order valence-electron chi connectivity index (χ3n) is 2.82. The summed E-state index contributed by atoms with van der Waals surface area (Å²) in [6.07, 6.45) is -0.998. The van der Waals surface area contributed by atoms with E-state index < -0.39 is 18.1 Å². The minimum absolute atomic E-state index is 0.0581. The van der Waals surface area contributed by atoms with E-state index in [1.807, 2.05) is 0 Å². The van der Waals surface area contributed by atoms with E-state index in [1.54, 1.807) is 19.1 Å². The summed E-state index contributed by atoms with van der Waals surface area (Å²) in [5, 5.41) is 22.6. The number of aliphatic carboxylic acids is 1. The zero-order valence-electron chi connectivity index (χ0n) is 11.7. The minimum atomic E-state index is -1.48. The second-order valence-electron chi connectivity index (χ2n) is 4.77. The van der Waals surface area contributed by atoms with Gasteiger partial charge in [-0.2, -0.15) is 0 Å². The molecule has 1 aromatic rings. The van der Waals surface area contributed by atoms with E-state index in [1.165, 1.54) is 12.1 Å². The minimum Gasteiger partial charge on any atom is -0.479 e. The zero-order chi connectivity index (χ0) is 15.8. The summed E-state index contributed by atoms with van der Waals surface area (Å²) in [5.41, 5.74) is 0.894. The number of hydrogen-bond acceptors (Lipinski definition) is 3. The van der Waals surface area contributed by atoms with Gasteiger partial charge in [-0.05, 0) is 31.0 Å². The molecule has 1 rings (SSSR count). The van der Waals surface area contributed by atoms with Crippen molar-refractivity contribution in [2.45, 2.75) is 31.9 Å². The molecule has 4 N–H and O–H groups in total. The first-order chi connectivity index (χ1) is 9.88. The van der Waals surface area contributed by atoms with E-state index in [0.29, 0.717) is 6.42 Å². The maximum Gasteiger partial charge on any atom is 0.332 e. The Kier molecular flexibility index (Phi) is 6.61. The zero-order valence-corrected chi connectivity index (χ0v) is 11.7. The number of aliphatic hydroxyl groups is 1. The number of carbonyl (C=O) groups is 2. The summed E-state index contributed by atoms with van der Waals surface area (Å²) >= 11 is 0. The lowest BCUT2D eigenvalue weighted by Gasteiger charge is -2.15. The average Bonchev–Trinajstić information content (AvgIpc) is 2.41. The number of halogens is 1. The molecule has 6 nitrogen and oxygen atoms in total. The van der Waals surface area contributed by atoms with E-state index >= 15 is 0 Å². The fourth-order valence-corrected chi connectivity index (χ4v) is 1.75. The summed E-state index contributed by atoms with van der Waals surface area (Å²) in [7, 11) is 0. The molecule has 2 amide bonds. The first-order valence-corrected chi connectivity index (χ1v) is 6.58. The molecule has 0 saturated carbocycles. The molecule has 0 aromatic heterocycles. The van der Waals surface area contributed by atoms with Gasteiger partial charge in [-0.15, -0.1) is 0 Å². The molecule has 21 heavy (non-hydrogen) atoms. The maximum atomic E-state index is 12.8. The molecular weight excluding hydrogens is 279 g/mol. The topological polar surface area (TPSA) is 98.7 Å². The Labute approximate surface area is 122 Å². The molecule has 0 aliphatic rings. The number of aliphatic hydroxyl groups excluding tert-OH is 1. The molecule has 1 unspecified atom stereocenters. The molecular formula is C14H19FN2O4. The largest absolute Gasteiger partial charge is 0.479 e. The van der Waals surface area contributed by atoms with Crippen LogP contribution in [0.15, 0.2) is 24.3 Å². The molecule has 7 heteroatoms. The number of hydrogen-bond donors (Lipinski definition) is 4. The van der Waals surface area contributed by atoms with E-state index in [0.717, 1.165) is 5.56 Å². The number of rotatable bonds is 7. The van der Waals surface area contributed by atoms with Crippen LogP contribution in [0.3, 0.4) is 0 Å². The van der Waals surface area contributed by atoms with E-state index in [9.17, 15) is 14.0 Å². The van der Waals surface area contributed by atoms with Crippen LogP contribution in [0.1, 0.15) is 18.9 Å². The smallest absolute Gasteiger partial charge is 0.332 e. The molecule has 2 atom stereocenters. The lowest BCUT2D eigenvalue weighted by Crippen LogP contribution is -2.42. The monoisotopic (exact) mass is 298 g/mol. The van der Waals surface area contributed by atoms with Gasteiger partial charge in [-0.25, -0.2) is 14.0 Å².